The summed E-state index contributed by atoms with van der Waals surface area (Å²) in [6, 6.07) is 0.337. The van der Waals surface area contributed by atoms with Gasteiger partial charge in [-0.3, -0.25) is 4.99 Å². The lowest BCUT2D eigenvalue weighted by Gasteiger charge is -2.25. The molecule has 1 unspecified atom stereocenters. The zero-order chi connectivity index (χ0) is 18.4. The second-order valence-corrected chi connectivity index (χ2v) is 7.30. The number of hydrogen-bond donors (Lipinski definition) is 2. The van der Waals surface area contributed by atoms with Crippen molar-refractivity contribution in [3.05, 3.63) is 23.3 Å². The number of hydrogen-bond acceptors (Lipinski definition) is 4. The summed E-state index contributed by atoms with van der Waals surface area (Å²) in [7, 11) is 0. The molecule has 27 heavy (non-hydrogen) atoms. The SMILES string of the molecule is CCNC(=NCCC1=CCOCC1)NC1CCc2nc(C(C)C)nn2C1.I. The molecule has 1 aromatic rings. The minimum Gasteiger partial charge on any atom is -0.377 e. The Morgan fingerprint density at radius 2 is 2.26 bits per heavy atom. The van der Waals surface area contributed by atoms with Gasteiger partial charge in [-0.25, -0.2) is 9.67 Å². The topological polar surface area (TPSA) is 76.4 Å². The molecule has 2 N–H and O–H groups in total. The molecular formula is C19H33IN6O. The highest BCUT2D eigenvalue weighted by molar-refractivity contribution is 14.0. The van der Waals surface area contributed by atoms with E-state index in [-0.39, 0.29) is 24.0 Å². The summed E-state index contributed by atoms with van der Waals surface area (Å²) in [5.74, 6) is 3.33. The van der Waals surface area contributed by atoms with Gasteiger partial charge < -0.3 is 15.4 Å². The molecule has 1 aromatic heterocycles. The molecule has 0 spiro atoms. The number of nitrogens with zero attached hydrogens (tertiary/aromatic N) is 4. The molecule has 0 saturated heterocycles. The van der Waals surface area contributed by atoms with E-state index in [0.717, 1.165) is 76.1 Å². The van der Waals surface area contributed by atoms with E-state index in [4.69, 9.17) is 9.73 Å². The lowest BCUT2D eigenvalue weighted by Crippen LogP contribution is -2.47. The van der Waals surface area contributed by atoms with Gasteiger partial charge in [-0.2, -0.15) is 5.10 Å². The van der Waals surface area contributed by atoms with Crippen molar-refractivity contribution in [1.29, 1.82) is 0 Å². The van der Waals surface area contributed by atoms with Crippen LogP contribution in [0.2, 0.25) is 0 Å². The molecule has 0 fully saturated rings. The minimum atomic E-state index is 0. The number of aryl methyl sites for hydroxylation is 1. The van der Waals surface area contributed by atoms with Crippen LogP contribution in [0.25, 0.3) is 0 Å². The molecular weight excluding hydrogens is 455 g/mol. The van der Waals surface area contributed by atoms with Crippen molar-refractivity contribution in [3.8, 4) is 0 Å². The first kappa shape index (κ1) is 22.1. The van der Waals surface area contributed by atoms with E-state index in [1.54, 1.807) is 0 Å². The summed E-state index contributed by atoms with van der Waals surface area (Å²) in [6.07, 6.45) is 6.26. The van der Waals surface area contributed by atoms with E-state index >= 15 is 0 Å². The van der Waals surface area contributed by atoms with Crippen molar-refractivity contribution in [3.63, 3.8) is 0 Å². The molecule has 0 aromatic carbocycles. The van der Waals surface area contributed by atoms with Crippen LogP contribution in [-0.4, -0.2) is 53.1 Å². The molecule has 1 atom stereocenters. The van der Waals surface area contributed by atoms with E-state index in [9.17, 15) is 0 Å². The van der Waals surface area contributed by atoms with Crippen LogP contribution < -0.4 is 10.6 Å². The van der Waals surface area contributed by atoms with Crippen molar-refractivity contribution in [2.75, 3.05) is 26.3 Å². The Morgan fingerprint density at radius 1 is 1.41 bits per heavy atom. The highest BCUT2D eigenvalue weighted by Gasteiger charge is 2.23. The highest BCUT2D eigenvalue weighted by Crippen LogP contribution is 2.17. The van der Waals surface area contributed by atoms with E-state index in [1.807, 2.05) is 0 Å². The molecule has 0 bridgehead atoms. The van der Waals surface area contributed by atoms with Gasteiger partial charge in [0.25, 0.3) is 0 Å². The third-order valence-electron chi connectivity index (χ3n) is 4.84. The molecule has 2 aliphatic rings. The number of ether oxygens (including phenoxy) is 1. The van der Waals surface area contributed by atoms with E-state index in [1.165, 1.54) is 5.57 Å². The second-order valence-electron chi connectivity index (χ2n) is 7.30. The molecule has 3 heterocycles. The van der Waals surface area contributed by atoms with Gasteiger partial charge in [0.15, 0.2) is 11.8 Å². The van der Waals surface area contributed by atoms with Gasteiger partial charge in [0, 0.05) is 31.5 Å². The summed E-state index contributed by atoms with van der Waals surface area (Å²) in [5.41, 5.74) is 1.46. The summed E-state index contributed by atoms with van der Waals surface area (Å²) in [4.78, 5) is 9.42. The van der Waals surface area contributed by atoms with Gasteiger partial charge in [0.1, 0.15) is 5.82 Å². The lowest BCUT2D eigenvalue weighted by atomic mass is 10.1. The van der Waals surface area contributed by atoms with Crippen molar-refractivity contribution in [2.24, 2.45) is 4.99 Å². The summed E-state index contributed by atoms with van der Waals surface area (Å²) in [6.45, 7) is 10.5. The normalized spacial score (nSPS) is 19.9. The number of halogens is 1. The highest BCUT2D eigenvalue weighted by atomic mass is 127. The molecule has 3 rings (SSSR count). The standard InChI is InChI=1S/C19H32N6O.HI/c1-4-20-19(21-10-7-15-8-11-26-12-9-15)22-16-5-6-17-23-18(14(2)3)24-25(17)13-16;/h8,14,16H,4-7,9-13H2,1-3H3,(H2,20,21,22);1H. The Balaban J connectivity index is 0.00000261. The number of fused-ring (bicyclic) bond motifs is 1. The van der Waals surface area contributed by atoms with Crippen molar-refractivity contribution >= 4 is 29.9 Å². The Hall–Kier alpha value is -1.16. The maximum Gasteiger partial charge on any atom is 0.191 e. The first-order valence-corrected chi connectivity index (χ1v) is 9.89. The predicted molar refractivity (Wildman–Crippen MR) is 119 cm³/mol. The fourth-order valence-electron chi connectivity index (χ4n) is 3.31. The summed E-state index contributed by atoms with van der Waals surface area (Å²) >= 11 is 0. The quantitative estimate of drug-likeness (QED) is 0.279. The third kappa shape index (κ3) is 6.44. The van der Waals surface area contributed by atoms with Crippen LogP contribution in [0.4, 0.5) is 0 Å². The second kappa shape index (κ2) is 11.0. The van der Waals surface area contributed by atoms with Gasteiger partial charge in [0.2, 0.25) is 0 Å². The predicted octanol–water partition coefficient (Wildman–Crippen LogP) is 2.63. The van der Waals surface area contributed by atoms with Gasteiger partial charge in [-0.05, 0) is 26.2 Å². The van der Waals surface area contributed by atoms with E-state index in [2.05, 4.69) is 52.2 Å². The number of rotatable bonds is 6. The fraction of sp³-hybridized carbons (Fsp3) is 0.737. The lowest BCUT2D eigenvalue weighted by molar-refractivity contribution is 0.153. The first-order chi connectivity index (χ1) is 12.7. The molecule has 0 amide bonds. The fourth-order valence-corrected chi connectivity index (χ4v) is 3.31. The van der Waals surface area contributed by atoms with Gasteiger partial charge in [0.05, 0.1) is 19.8 Å². The first-order valence-electron chi connectivity index (χ1n) is 9.89. The summed E-state index contributed by atoms with van der Waals surface area (Å²) in [5, 5.41) is 11.6. The average Bonchev–Trinajstić information content (AvgIpc) is 3.06. The largest absolute Gasteiger partial charge is 0.377 e. The molecule has 8 heteroatoms. The van der Waals surface area contributed by atoms with Gasteiger partial charge in [-0.15, -0.1) is 24.0 Å². The zero-order valence-electron chi connectivity index (χ0n) is 16.7. The van der Waals surface area contributed by atoms with E-state index < -0.39 is 0 Å². The third-order valence-corrected chi connectivity index (χ3v) is 4.84. The van der Waals surface area contributed by atoms with Crippen molar-refractivity contribution < 1.29 is 4.74 Å². The monoisotopic (exact) mass is 488 g/mol. The van der Waals surface area contributed by atoms with Crippen LogP contribution in [0.3, 0.4) is 0 Å². The van der Waals surface area contributed by atoms with Crippen LogP contribution >= 0.6 is 24.0 Å². The van der Waals surface area contributed by atoms with Crippen LogP contribution in [-0.2, 0) is 17.7 Å². The average molecular weight is 488 g/mol. The van der Waals surface area contributed by atoms with Crippen LogP contribution in [0, 0.1) is 0 Å². The number of aromatic nitrogens is 3. The minimum absolute atomic E-state index is 0. The van der Waals surface area contributed by atoms with Gasteiger partial charge in [-0.1, -0.05) is 25.5 Å². The molecule has 0 saturated carbocycles. The van der Waals surface area contributed by atoms with Crippen LogP contribution in [0.1, 0.15) is 57.6 Å². The van der Waals surface area contributed by atoms with Crippen molar-refractivity contribution in [2.45, 2.75) is 65.0 Å². The van der Waals surface area contributed by atoms with Gasteiger partial charge >= 0.3 is 0 Å². The Labute approximate surface area is 179 Å². The molecule has 7 nitrogen and oxygen atoms in total. The Bertz CT molecular complexity index is 655. The number of aliphatic imine (C=N–C) groups is 1. The smallest absolute Gasteiger partial charge is 0.191 e. The number of guanidine groups is 1. The zero-order valence-corrected chi connectivity index (χ0v) is 19.0. The van der Waals surface area contributed by atoms with Crippen LogP contribution in [0.15, 0.2) is 16.6 Å². The van der Waals surface area contributed by atoms with E-state index in [0.29, 0.717) is 12.0 Å². The van der Waals surface area contributed by atoms with Crippen LogP contribution in [0.5, 0.6) is 0 Å². The molecule has 152 valence electrons. The molecule has 0 aliphatic carbocycles. The molecule has 2 aliphatic heterocycles. The Kier molecular flexibility index (Phi) is 9.01. The van der Waals surface area contributed by atoms with Crippen molar-refractivity contribution in [1.82, 2.24) is 25.4 Å². The summed E-state index contributed by atoms with van der Waals surface area (Å²) < 4.78 is 7.42. The number of nitrogens with one attached hydrogen (secondary N) is 2. The maximum absolute atomic E-state index is 5.36. The maximum atomic E-state index is 5.36. The molecule has 0 radical (unpaired) electrons. The Morgan fingerprint density at radius 3 is 2.96 bits per heavy atom.